The number of benzene rings is 2. The lowest BCUT2D eigenvalue weighted by atomic mass is 10.1. The van der Waals surface area contributed by atoms with Crippen molar-refractivity contribution in [3.8, 4) is 17.2 Å². The molecule has 206 valence electrons. The van der Waals surface area contributed by atoms with Crippen LogP contribution in [0.1, 0.15) is 50.6 Å². The second kappa shape index (κ2) is 13.4. The van der Waals surface area contributed by atoms with Crippen molar-refractivity contribution in [2.45, 2.75) is 33.8 Å². The Kier molecular flexibility index (Phi) is 10.0. The molecule has 3 aromatic rings. The van der Waals surface area contributed by atoms with E-state index in [4.69, 9.17) is 18.9 Å². The molecule has 0 radical (unpaired) electrons. The van der Waals surface area contributed by atoms with E-state index in [2.05, 4.69) is 15.8 Å². The van der Waals surface area contributed by atoms with Crippen LogP contribution in [-0.4, -0.2) is 50.9 Å². The van der Waals surface area contributed by atoms with Gasteiger partial charge in [0.15, 0.2) is 6.10 Å². The number of aryl methyl sites for hydroxylation is 1. The van der Waals surface area contributed by atoms with Crippen LogP contribution in [0, 0.1) is 13.8 Å². The van der Waals surface area contributed by atoms with E-state index >= 15 is 0 Å². The first-order valence-corrected chi connectivity index (χ1v) is 12.9. The van der Waals surface area contributed by atoms with Gasteiger partial charge < -0.3 is 24.3 Å². The fourth-order valence-corrected chi connectivity index (χ4v) is 4.52. The number of nitrogens with one attached hydrogen (secondary N) is 2. The first-order chi connectivity index (χ1) is 18.7. The maximum absolute atomic E-state index is 12.8. The second-order valence-electron chi connectivity index (χ2n) is 8.29. The Morgan fingerprint density at radius 1 is 1.03 bits per heavy atom. The molecule has 10 nitrogen and oxygen atoms in total. The molecule has 0 bridgehead atoms. The van der Waals surface area contributed by atoms with E-state index in [-0.39, 0.29) is 12.5 Å². The molecule has 1 atom stereocenters. The molecule has 2 amide bonds. The number of methoxy groups -OCH3 is 2. The molecular weight excluding hydrogens is 522 g/mol. The van der Waals surface area contributed by atoms with Gasteiger partial charge in [0.2, 0.25) is 0 Å². The monoisotopic (exact) mass is 553 g/mol. The number of nitrogens with zero attached hydrogens (tertiary/aromatic N) is 1. The molecule has 2 aromatic carbocycles. The van der Waals surface area contributed by atoms with Gasteiger partial charge in [0.1, 0.15) is 22.2 Å². The summed E-state index contributed by atoms with van der Waals surface area (Å²) in [6.45, 7) is 7.24. The molecule has 1 unspecified atom stereocenters. The minimum absolute atomic E-state index is 0.238. The van der Waals surface area contributed by atoms with Crippen molar-refractivity contribution in [2.24, 2.45) is 5.10 Å². The molecule has 11 heteroatoms. The summed E-state index contributed by atoms with van der Waals surface area (Å²) in [5.74, 6) is 0.257. The summed E-state index contributed by atoms with van der Waals surface area (Å²) in [6, 6.07) is 11.5. The summed E-state index contributed by atoms with van der Waals surface area (Å²) in [5.41, 5.74) is 4.55. The van der Waals surface area contributed by atoms with E-state index in [1.165, 1.54) is 24.7 Å². The van der Waals surface area contributed by atoms with E-state index in [1.807, 2.05) is 13.8 Å². The Balaban J connectivity index is 1.60. The summed E-state index contributed by atoms with van der Waals surface area (Å²) >= 11 is 1.32. The highest BCUT2D eigenvalue weighted by atomic mass is 32.1. The van der Waals surface area contributed by atoms with E-state index < -0.39 is 18.0 Å². The number of amides is 2. The van der Waals surface area contributed by atoms with Gasteiger partial charge in [-0.3, -0.25) is 9.59 Å². The van der Waals surface area contributed by atoms with Gasteiger partial charge in [-0.2, -0.15) is 5.10 Å². The van der Waals surface area contributed by atoms with Gasteiger partial charge in [-0.25, -0.2) is 10.2 Å². The number of carbonyl (C=O) groups excluding carboxylic acids is 3. The lowest BCUT2D eigenvalue weighted by molar-refractivity contribution is -0.127. The third kappa shape index (κ3) is 7.35. The lowest BCUT2D eigenvalue weighted by Gasteiger charge is -2.13. The number of ether oxygens (including phenoxy) is 4. The predicted molar refractivity (Wildman–Crippen MR) is 150 cm³/mol. The summed E-state index contributed by atoms with van der Waals surface area (Å²) < 4.78 is 21.3. The molecule has 0 aliphatic rings. The molecule has 0 spiro atoms. The summed E-state index contributed by atoms with van der Waals surface area (Å²) in [4.78, 5) is 38.6. The molecule has 3 rings (SSSR count). The fourth-order valence-electron chi connectivity index (χ4n) is 3.48. The normalized spacial score (nSPS) is 11.5. The SMILES string of the molecule is CCOC(=O)c1c(NC(=O)c2ccc(OC(C)C(=O)NN=Cc3cc(OC)ccc3OC)cc2)sc(C)c1C. The standard InChI is InChI=1S/C28H31N3O7S/c1-7-37-28(34)24-16(2)18(4)39-27(24)30-26(33)19-8-10-21(11-9-19)38-17(3)25(32)31-29-15-20-14-22(35-5)12-13-23(20)36-6/h8-15,17H,7H2,1-6H3,(H,30,33)(H,31,32). The number of thiophene rings is 1. The molecule has 0 saturated carbocycles. The van der Waals surface area contributed by atoms with Gasteiger partial charge >= 0.3 is 5.97 Å². The maximum Gasteiger partial charge on any atom is 0.341 e. The zero-order valence-corrected chi connectivity index (χ0v) is 23.4. The van der Waals surface area contributed by atoms with Crippen molar-refractivity contribution in [3.05, 3.63) is 69.6 Å². The molecule has 1 heterocycles. The van der Waals surface area contributed by atoms with E-state index in [9.17, 15) is 14.4 Å². The number of hydrazone groups is 1. The van der Waals surface area contributed by atoms with E-state index in [0.717, 1.165) is 10.4 Å². The van der Waals surface area contributed by atoms with Crippen molar-refractivity contribution < 1.29 is 33.3 Å². The summed E-state index contributed by atoms with van der Waals surface area (Å²) in [6.07, 6.45) is 0.585. The van der Waals surface area contributed by atoms with E-state index in [0.29, 0.717) is 38.9 Å². The molecule has 0 fully saturated rings. The number of carbonyl (C=O) groups is 3. The largest absolute Gasteiger partial charge is 0.497 e. The Labute approximate surface area is 230 Å². The molecule has 0 aliphatic carbocycles. The van der Waals surface area contributed by atoms with Crippen LogP contribution in [0.25, 0.3) is 0 Å². The van der Waals surface area contributed by atoms with Gasteiger partial charge in [-0.05, 0) is 75.7 Å². The Morgan fingerprint density at radius 2 is 1.72 bits per heavy atom. The van der Waals surface area contributed by atoms with Crippen LogP contribution in [0.5, 0.6) is 17.2 Å². The fraction of sp³-hybridized carbons (Fsp3) is 0.286. The molecule has 2 N–H and O–H groups in total. The number of esters is 1. The highest BCUT2D eigenvalue weighted by Gasteiger charge is 2.22. The van der Waals surface area contributed by atoms with Gasteiger partial charge in [-0.15, -0.1) is 11.3 Å². The molecule has 0 aliphatic heterocycles. The smallest absolute Gasteiger partial charge is 0.341 e. The third-order valence-electron chi connectivity index (χ3n) is 5.71. The predicted octanol–water partition coefficient (Wildman–Crippen LogP) is 4.73. The minimum Gasteiger partial charge on any atom is -0.497 e. The maximum atomic E-state index is 12.8. The van der Waals surface area contributed by atoms with Crippen LogP contribution in [0.2, 0.25) is 0 Å². The number of hydrogen-bond donors (Lipinski definition) is 2. The molecule has 1 aromatic heterocycles. The van der Waals surface area contributed by atoms with Crippen LogP contribution >= 0.6 is 11.3 Å². The van der Waals surface area contributed by atoms with Gasteiger partial charge in [0.05, 0.1) is 32.6 Å². The van der Waals surface area contributed by atoms with Crippen molar-refractivity contribution in [1.29, 1.82) is 0 Å². The van der Waals surface area contributed by atoms with Crippen molar-refractivity contribution in [2.75, 3.05) is 26.1 Å². The van der Waals surface area contributed by atoms with Gasteiger partial charge in [0, 0.05) is 16.0 Å². The molecule has 0 saturated heterocycles. The summed E-state index contributed by atoms with van der Waals surface area (Å²) in [5, 5.41) is 7.22. The van der Waals surface area contributed by atoms with Crippen molar-refractivity contribution in [3.63, 3.8) is 0 Å². The number of hydrogen-bond acceptors (Lipinski definition) is 9. The molecular formula is C28H31N3O7S. The Hall–Kier alpha value is -4.38. The average molecular weight is 554 g/mol. The Bertz CT molecular complexity index is 1370. The third-order valence-corrected chi connectivity index (χ3v) is 6.83. The quantitative estimate of drug-likeness (QED) is 0.200. The van der Waals surface area contributed by atoms with E-state index in [1.54, 1.807) is 63.4 Å². The summed E-state index contributed by atoms with van der Waals surface area (Å²) in [7, 11) is 3.09. The van der Waals surface area contributed by atoms with Crippen LogP contribution in [0.15, 0.2) is 47.6 Å². The number of anilines is 1. The highest BCUT2D eigenvalue weighted by Crippen LogP contribution is 2.33. The average Bonchev–Trinajstić information content (AvgIpc) is 3.21. The highest BCUT2D eigenvalue weighted by molar-refractivity contribution is 7.16. The minimum atomic E-state index is -0.863. The first kappa shape index (κ1) is 29.2. The van der Waals surface area contributed by atoms with Crippen LogP contribution in [-0.2, 0) is 9.53 Å². The molecule has 39 heavy (non-hydrogen) atoms. The zero-order valence-electron chi connectivity index (χ0n) is 22.6. The van der Waals surface area contributed by atoms with Crippen molar-refractivity contribution >= 4 is 40.3 Å². The first-order valence-electron chi connectivity index (χ1n) is 12.1. The van der Waals surface area contributed by atoms with Crippen LogP contribution < -0.4 is 25.0 Å². The zero-order chi connectivity index (χ0) is 28.5. The Morgan fingerprint density at radius 3 is 2.36 bits per heavy atom. The topological polar surface area (TPSA) is 125 Å². The second-order valence-corrected chi connectivity index (χ2v) is 9.51. The van der Waals surface area contributed by atoms with Crippen LogP contribution in [0.3, 0.4) is 0 Å². The van der Waals surface area contributed by atoms with Gasteiger partial charge in [0.25, 0.3) is 11.8 Å². The van der Waals surface area contributed by atoms with Gasteiger partial charge in [-0.1, -0.05) is 0 Å². The number of rotatable bonds is 11. The van der Waals surface area contributed by atoms with Crippen LogP contribution in [0.4, 0.5) is 5.00 Å². The van der Waals surface area contributed by atoms with Crippen molar-refractivity contribution in [1.82, 2.24) is 5.43 Å². The lowest BCUT2D eigenvalue weighted by Crippen LogP contribution is -2.33.